The molecule has 0 unspecified atom stereocenters. The van der Waals surface area contributed by atoms with Crippen molar-refractivity contribution in [2.45, 2.75) is 31.4 Å². The van der Waals surface area contributed by atoms with Crippen LogP contribution in [-0.4, -0.2) is 16.9 Å². The molecule has 0 saturated heterocycles. The van der Waals surface area contributed by atoms with Gasteiger partial charge in [-0.1, -0.05) is 23.7 Å². The summed E-state index contributed by atoms with van der Waals surface area (Å²) in [5, 5.41) is 11.8. The molecule has 1 aromatic rings. The van der Waals surface area contributed by atoms with Crippen LogP contribution in [0.3, 0.4) is 0 Å². The first-order valence-electron chi connectivity index (χ1n) is 6.40. The smallest absolute Gasteiger partial charge is 0.364 e. The maximum Gasteiger partial charge on any atom is 0.364 e. The van der Waals surface area contributed by atoms with Gasteiger partial charge >= 0.3 is 6.23 Å². The fraction of sp³-hybridized carbons (Fsp3) is 0.357. The highest BCUT2D eigenvalue weighted by Crippen LogP contribution is 2.44. The molecule has 2 aliphatic rings. The van der Waals surface area contributed by atoms with Gasteiger partial charge in [0.2, 0.25) is 0 Å². The zero-order chi connectivity index (χ0) is 14.3. The summed E-state index contributed by atoms with van der Waals surface area (Å²) in [5.41, 5.74) is 1.16. The average molecular weight is 294 g/mol. The number of nitrogens with zero attached hydrogens (tertiary/aromatic N) is 1. The van der Waals surface area contributed by atoms with Gasteiger partial charge in [0, 0.05) is 17.9 Å². The Bertz CT molecular complexity index is 608. The fourth-order valence-corrected chi connectivity index (χ4v) is 2.95. The van der Waals surface area contributed by atoms with Crippen LogP contribution in [0.4, 0.5) is 0 Å². The number of nitro groups is 1. The van der Waals surface area contributed by atoms with Crippen molar-refractivity contribution in [2.24, 2.45) is 0 Å². The van der Waals surface area contributed by atoms with Crippen LogP contribution in [0.25, 0.3) is 0 Å². The topological polar surface area (TPSA) is 69.4 Å². The number of hydrogen-bond donors (Lipinski definition) is 0. The van der Waals surface area contributed by atoms with Gasteiger partial charge < -0.3 is 4.74 Å². The van der Waals surface area contributed by atoms with Gasteiger partial charge in [-0.15, -0.1) is 0 Å². The maximum absolute atomic E-state index is 12.1. The van der Waals surface area contributed by atoms with Gasteiger partial charge in [0.25, 0.3) is 0 Å². The monoisotopic (exact) mass is 293 g/mol. The molecule has 2 atom stereocenters. The van der Waals surface area contributed by atoms with E-state index in [0.717, 1.165) is 0 Å². The van der Waals surface area contributed by atoms with Crippen LogP contribution >= 0.6 is 11.6 Å². The molecule has 0 radical (unpaired) electrons. The van der Waals surface area contributed by atoms with E-state index in [-0.39, 0.29) is 5.78 Å². The first-order valence-corrected chi connectivity index (χ1v) is 6.77. The molecule has 1 aromatic carbocycles. The molecule has 0 amide bonds. The Morgan fingerprint density at radius 3 is 2.60 bits per heavy atom. The number of hydrogen-bond acceptors (Lipinski definition) is 4. The number of Topliss-reactive ketones (excluding diaryl/α,β-unsaturated/α-hetero) is 1. The highest BCUT2D eigenvalue weighted by molar-refractivity contribution is 6.30. The van der Waals surface area contributed by atoms with Gasteiger partial charge in [0.15, 0.2) is 5.78 Å². The number of ketones is 1. The second kappa shape index (κ2) is 4.90. The zero-order valence-electron chi connectivity index (χ0n) is 10.5. The van der Waals surface area contributed by atoms with Crippen LogP contribution in [0.5, 0.6) is 0 Å². The van der Waals surface area contributed by atoms with Crippen molar-refractivity contribution >= 4 is 17.4 Å². The molecule has 20 heavy (non-hydrogen) atoms. The lowest BCUT2D eigenvalue weighted by Gasteiger charge is -2.15. The Morgan fingerprint density at radius 1 is 1.25 bits per heavy atom. The SMILES string of the molecule is O=C1CCCC2=C1[C@H](c1ccc(Cl)cc1)[C@H]([N+](=O)[O-])O2. The number of ether oxygens (including phenoxy) is 1. The fourth-order valence-electron chi connectivity index (χ4n) is 2.83. The van der Waals surface area contributed by atoms with Crippen LogP contribution in [0, 0.1) is 10.1 Å². The van der Waals surface area contributed by atoms with Gasteiger partial charge in [0.1, 0.15) is 11.7 Å². The summed E-state index contributed by atoms with van der Waals surface area (Å²) >= 11 is 5.84. The molecule has 0 saturated carbocycles. The number of carbonyl (C=O) groups excluding carboxylic acids is 1. The van der Waals surface area contributed by atoms with E-state index in [0.29, 0.717) is 41.2 Å². The number of allylic oxidation sites excluding steroid dienone is 1. The molecule has 1 aliphatic carbocycles. The lowest BCUT2D eigenvalue weighted by atomic mass is 9.84. The lowest BCUT2D eigenvalue weighted by Crippen LogP contribution is -2.27. The highest BCUT2D eigenvalue weighted by atomic mass is 35.5. The first kappa shape index (κ1) is 13.1. The molecule has 3 rings (SSSR count). The van der Waals surface area contributed by atoms with Crippen molar-refractivity contribution in [3.05, 3.63) is 56.3 Å². The minimum Gasteiger partial charge on any atom is -0.433 e. The number of carbonyl (C=O) groups is 1. The molecule has 6 heteroatoms. The molecule has 0 fully saturated rings. The summed E-state index contributed by atoms with van der Waals surface area (Å²) in [5.74, 6) is -0.191. The van der Waals surface area contributed by atoms with Crippen molar-refractivity contribution in [2.75, 3.05) is 0 Å². The van der Waals surface area contributed by atoms with Crippen molar-refractivity contribution in [1.29, 1.82) is 0 Å². The van der Waals surface area contributed by atoms with E-state index in [9.17, 15) is 14.9 Å². The van der Waals surface area contributed by atoms with E-state index in [2.05, 4.69) is 0 Å². The van der Waals surface area contributed by atoms with Gasteiger partial charge in [-0.3, -0.25) is 14.9 Å². The van der Waals surface area contributed by atoms with E-state index < -0.39 is 17.1 Å². The Kier molecular flexibility index (Phi) is 3.22. The third kappa shape index (κ3) is 2.08. The molecule has 0 spiro atoms. The van der Waals surface area contributed by atoms with Crippen LogP contribution in [-0.2, 0) is 9.53 Å². The van der Waals surface area contributed by atoms with Crippen LogP contribution in [0.15, 0.2) is 35.6 Å². The van der Waals surface area contributed by atoms with Crippen molar-refractivity contribution < 1.29 is 14.5 Å². The molecule has 104 valence electrons. The van der Waals surface area contributed by atoms with E-state index in [4.69, 9.17) is 16.3 Å². The predicted octanol–water partition coefficient (Wildman–Crippen LogP) is 3.06. The molecule has 1 aliphatic heterocycles. The minimum absolute atomic E-state index is 0.0458. The molecule has 1 heterocycles. The summed E-state index contributed by atoms with van der Waals surface area (Å²) in [4.78, 5) is 22.9. The molecule has 0 bridgehead atoms. The van der Waals surface area contributed by atoms with Crippen molar-refractivity contribution in [1.82, 2.24) is 0 Å². The van der Waals surface area contributed by atoms with Gasteiger partial charge in [-0.25, -0.2) is 0 Å². The normalized spacial score (nSPS) is 25.4. The van der Waals surface area contributed by atoms with E-state index in [1.165, 1.54) is 0 Å². The third-order valence-electron chi connectivity index (χ3n) is 3.70. The van der Waals surface area contributed by atoms with Crippen LogP contribution in [0.2, 0.25) is 5.02 Å². The molecule has 0 aromatic heterocycles. The molecular weight excluding hydrogens is 282 g/mol. The number of benzene rings is 1. The standard InChI is InChI=1S/C14H12ClNO4/c15-9-6-4-8(5-7-9)12-13-10(17)2-1-3-11(13)20-14(12)16(18)19/h4-7,12,14H,1-3H2/t12-,14+/m0/s1. The Morgan fingerprint density at radius 2 is 1.95 bits per heavy atom. The van der Waals surface area contributed by atoms with E-state index in [1.807, 2.05) is 0 Å². The van der Waals surface area contributed by atoms with E-state index >= 15 is 0 Å². The largest absolute Gasteiger partial charge is 0.433 e. The number of halogens is 1. The summed E-state index contributed by atoms with van der Waals surface area (Å²) < 4.78 is 5.42. The van der Waals surface area contributed by atoms with Gasteiger partial charge in [0.05, 0.1) is 10.5 Å². The van der Waals surface area contributed by atoms with Crippen molar-refractivity contribution in [3.63, 3.8) is 0 Å². The summed E-state index contributed by atoms with van der Waals surface area (Å²) in [7, 11) is 0. The van der Waals surface area contributed by atoms with Crippen LogP contribution in [0.1, 0.15) is 30.7 Å². The average Bonchev–Trinajstić information content (AvgIpc) is 2.81. The molecule has 5 nitrogen and oxygen atoms in total. The van der Waals surface area contributed by atoms with Gasteiger partial charge in [-0.05, 0) is 24.1 Å². The Labute approximate surface area is 120 Å². The molecule has 0 N–H and O–H groups in total. The zero-order valence-corrected chi connectivity index (χ0v) is 11.3. The van der Waals surface area contributed by atoms with Crippen molar-refractivity contribution in [3.8, 4) is 0 Å². The Balaban J connectivity index is 2.07. The second-order valence-electron chi connectivity index (χ2n) is 4.94. The van der Waals surface area contributed by atoms with Crippen LogP contribution < -0.4 is 0 Å². The number of rotatable bonds is 2. The summed E-state index contributed by atoms with van der Waals surface area (Å²) in [6.07, 6.45) is 0.491. The Hall–Kier alpha value is -1.88. The summed E-state index contributed by atoms with van der Waals surface area (Å²) in [6.45, 7) is 0. The first-order chi connectivity index (χ1) is 9.58. The lowest BCUT2D eigenvalue weighted by molar-refractivity contribution is -0.570. The predicted molar refractivity (Wildman–Crippen MR) is 71.9 cm³/mol. The minimum atomic E-state index is -1.22. The maximum atomic E-state index is 12.1. The second-order valence-corrected chi connectivity index (χ2v) is 5.37. The quantitative estimate of drug-likeness (QED) is 0.621. The summed E-state index contributed by atoms with van der Waals surface area (Å²) in [6, 6.07) is 6.76. The van der Waals surface area contributed by atoms with Gasteiger partial charge in [-0.2, -0.15) is 0 Å². The highest BCUT2D eigenvalue weighted by Gasteiger charge is 2.48. The van der Waals surface area contributed by atoms with E-state index in [1.54, 1.807) is 24.3 Å². The third-order valence-corrected chi connectivity index (χ3v) is 3.96. The molecular formula is C14H12ClNO4.